The van der Waals surface area contributed by atoms with Crippen LogP contribution in [0.15, 0.2) is 16.1 Å². The lowest BCUT2D eigenvalue weighted by molar-refractivity contribution is 0.262. The Morgan fingerprint density at radius 1 is 1.53 bits per heavy atom. The van der Waals surface area contributed by atoms with E-state index in [2.05, 4.69) is 30.2 Å². The molecule has 2 rings (SSSR count). The molecule has 2 aromatic heterocycles. The van der Waals surface area contributed by atoms with Gasteiger partial charge in [0.05, 0.1) is 18.9 Å². The van der Waals surface area contributed by atoms with Gasteiger partial charge in [-0.25, -0.2) is 4.68 Å². The third-order valence-electron chi connectivity index (χ3n) is 1.55. The second-order valence-electron chi connectivity index (χ2n) is 2.54. The van der Waals surface area contributed by atoms with Gasteiger partial charge in [-0.15, -0.1) is 5.10 Å². The molecular weight excluding hydrogens is 220 g/mol. The molecule has 0 aliphatic carbocycles. The van der Waals surface area contributed by atoms with Crippen molar-refractivity contribution < 1.29 is 9.63 Å². The molecule has 9 heteroatoms. The van der Waals surface area contributed by atoms with Crippen molar-refractivity contribution in [1.29, 1.82) is 0 Å². The highest BCUT2D eigenvalue weighted by Crippen LogP contribution is 2.17. The maximum Gasteiger partial charge on any atom is 0.213 e. The molecule has 0 unspecified atom stereocenters. The molecule has 0 atom stereocenters. The molecule has 0 bridgehead atoms. The summed E-state index contributed by atoms with van der Waals surface area (Å²) in [4.78, 5) is 3.87. The van der Waals surface area contributed by atoms with Crippen molar-refractivity contribution in [2.24, 2.45) is 0 Å². The maximum atomic E-state index is 8.75. The quantitative estimate of drug-likeness (QED) is 0.673. The number of hydrogen-bond donors (Lipinski definition) is 1. The van der Waals surface area contributed by atoms with E-state index in [1.165, 1.54) is 22.8 Å². The molecule has 0 saturated heterocycles. The van der Waals surface area contributed by atoms with E-state index in [-0.39, 0.29) is 6.61 Å². The van der Waals surface area contributed by atoms with Crippen LogP contribution < -0.4 is 0 Å². The molecule has 0 fully saturated rings. The second-order valence-corrected chi connectivity index (χ2v) is 3.49. The van der Waals surface area contributed by atoms with Gasteiger partial charge in [0, 0.05) is 0 Å². The zero-order valence-electron chi connectivity index (χ0n) is 7.65. The molecule has 0 aliphatic rings. The largest absolute Gasteiger partial charge is 0.394 e. The highest BCUT2D eigenvalue weighted by atomic mass is 32.2. The Morgan fingerprint density at radius 2 is 2.47 bits per heavy atom. The van der Waals surface area contributed by atoms with E-state index in [0.29, 0.717) is 23.3 Å². The minimum absolute atomic E-state index is 0.000804. The highest BCUT2D eigenvalue weighted by Gasteiger charge is 2.08. The van der Waals surface area contributed by atoms with Gasteiger partial charge in [-0.3, -0.25) is 0 Å². The van der Waals surface area contributed by atoms with Gasteiger partial charge in [0.2, 0.25) is 11.6 Å². The standard InChI is InChI=1S/C6H8N6O2S/c13-2-1-12-6(8-10-11-12)15-3-5-7-4-14-9-5/h4,13H,1-3H2. The highest BCUT2D eigenvalue weighted by molar-refractivity contribution is 7.98. The van der Waals surface area contributed by atoms with Gasteiger partial charge in [0.1, 0.15) is 0 Å². The molecule has 2 heterocycles. The van der Waals surface area contributed by atoms with Gasteiger partial charge >= 0.3 is 0 Å². The topological polar surface area (TPSA) is 103 Å². The Kier molecular flexibility index (Phi) is 3.25. The Bertz CT molecular complexity index is 401. The van der Waals surface area contributed by atoms with Gasteiger partial charge in [-0.05, 0) is 10.4 Å². The molecule has 2 aromatic rings. The van der Waals surface area contributed by atoms with Crippen LogP contribution in [0.5, 0.6) is 0 Å². The Morgan fingerprint density at radius 3 is 3.20 bits per heavy atom. The van der Waals surface area contributed by atoms with Gasteiger partial charge in [-0.2, -0.15) is 4.98 Å². The molecule has 0 radical (unpaired) electrons. The zero-order valence-corrected chi connectivity index (χ0v) is 8.46. The Labute approximate surface area is 88.7 Å². The average molecular weight is 228 g/mol. The van der Waals surface area contributed by atoms with Crippen molar-refractivity contribution in [2.45, 2.75) is 17.5 Å². The van der Waals surface area contributed by atoms with Gasteiger partial charge in [0.25, 0.3) is 0 Å². The van der Waals surface area contributed by atoms with E-state index < -0.39 is 0 Å². The van der Waals surface area contributed by atoms with Crippen molar-refractivity contribution >= 4 is 11.8 Å². The number of hydrogen-bond acceptors (Lipinski definition) is 8. The van der Waals surface area contributed by atoms with Crippen LogP contribution in [-0.4, -0.2) is 42.1 Å². The smallest absolute Gasteiger partial charge is 0.213 e. The number of thioether (sulfide) groups is 1. The first-order chi connectivity index (χ1) is 7.40. The van der Waals surface area contributed by atoms with Gasteiger partial charge in [0.15, 0.2) is 5.82 Å². The summed E-state index contributed by atoms with van der Waals surface area (Å²) in [7, 11) is 0. The summed E-state index contributed by atoms with van der Waals surface area (Å²) in [5.74, 6) is 1.11. The minimum Gasteiger partial charge on any atom is -0.394 e. The summed E-state index contributed by atoms with van der Waals surface area (Å²) in [6.45, 7) is 0.377. The summed E-state index contributed by atoms with van der Waals surface area (Å²) in [5, 5.41) is 24.1. The molecular formula is C6H8N6O2S. The molecule has 8 nitrogen and oxygen atoms in total. The van der Waals surface area contributed by atoms with Crippen LogP contribution in [0.4, 0.5) is 0 Å². The SMILES string of the molecule is OCCn1nnnc1SCc1ncon1. The number of aliphatic hydroxyl groups is 1. The summed E-state index contributed by atoms with van der Waals surface area (Å²) in [6, 6.07) is 0. The Balaban J connectivity index is 1.95. The number of aliphatic hydroxyl groups excluding tert-OH is 1. The first-order valence-electron chi connectivity index (χ1n) is 4.15. The van der Waals surface area contributed by atoms with Crippen LogP contribution in [0.2, 0.25) is 0 Å². The lowest BCUT2D eigenvalue weighted by atomic mass is 10.7. The third kappa shape index (κ3) is 2.50. The first-order valence-corrected chi connectivity index (χ1v) is 5.14. The monoisotopic (exact) mass is 228 g/mol. The van der Waals surface area contributed by atoms with Crippen molar-refractivity contribution in [1.82, 2.24) is 30.3 Å². The number of rotatable bonds is 5. The van der Waals surface area contributed by atoms with E-state index in [9.17, 15) is 0 Å². The van der Waals surface area contributed by atoms with E-state index in [4.69, 9.17) is 5.11 Å². The Hall–Kier alpha value is -1.48. The fraction of sp³-hybridized carbons (Fsp3) is 0.500. The number of nitrogens with zero attached hydrogens (tertiary/aromatic N) is 6. The van der Waals surface area contributed by atoms with E-state index in [1.54, 1.807) is 0 Å². The minimum atomic E-state index is 0.000804. The lowest BCUT2D eigenvalue weighted by Gasteiger charge is -1.99. The lowest BCUT2D eigenvalue weighted by Crippen LogP contribution is -2.05. The van der Waals surface area contributed by atoms with Crippen molar-refractivity contribution in [3.05, 3.63) is 12.2 Å². The average Bonchev–Trinajstić information content (AvgIpc) is 2.85. The van der Waals surface area contributed by atoms with Crippen LogP contribution >= 0.6 is 11.8 Å². The third-order valence-corrected chi connectivity index (χ3v) is 2.50. The molecule has 0 saturated carbocycles. The molecule has 1 N–H and O–H groups in total. The van der Waals surface area contributed by atoms with Gasteiger partial charge < -0.3 is 9.63 Å². The van der Waals surface area contributed by atoms with Crippen molar-refractivity contribution in [3.63, 3.8) is 0 Å². The van der Waals surface area contributed by atoms with Crippen LogP contribution in [0.25, 0.3) is 0 Å². The summed E-state index contributed by atoms with van der Waals surface area (Å²) in [5.41, 5.74) is 0. The van der Waals surface area contributed by atoms with Crippen molar-refractivity contribution in [3.8, 4) is 0 Å². The maximum absolute atomic E-state index is 8.75. The first kappa shape index (κ1) is 10.1. The van der Waals surface area contributed by atoms with Crippen LogP contribution in [0.3, 0.4) is 0 Å². The zero-order chi connectivity index (χ0) is 10.5. The van der Waals surface area contributed by atoms with E-state index in [0.717, 1.165) is 0 Å². The number of aromatic nitrogens is 6. The molecule has 0 spiro atoms. The fourth-order valence-electron chi connectivity index (χ4n) is 0.920. The van der Waals surface area contributed by atoms with Crippen LogP contribution in [0, 0.1) is 0 Å². The fourth-order valence-corrected chi connectivity index (χ4v) is 1.68. The van der Waals surface area contributed by atoms with Crippen LogP contribution in [0.1, 0.15) is 5.82 Å². The second kappa shape index (κ2) is 4.84. The summed E-state index contributed by atoms with van der Waals surface area (Å²) in [6.07, 6.45) is 1.27. The predicted molar refractivity (Wildman–Crippen MR) is 48.8 cm³/mol. The molecule has 0 aromatic carbocycles. The van der Waals surface area contributed by atoms with Crippen molar-refractivity contribution in [2.75, 3.05) is 6.61 Å². The summed E-state index contributed by atoms with van der Waals surface area (Å²) < 4.78 is 6.11. The van der Waals surface area contributed by atoms with E-state index in [1.807, 2.05) is 0 Å². The normalized spacial score (nSPS) is 10.7. The van der Waals surface area contributed by atoms with Crippen LogP contribution in [-0.2, 0) is 12.3 Å². The predicted octanol–water partition coefficient (Wildman–Crippen LogP) is -0.659. The van der Waals surface area contributed by atoms with E-state index >= 15 is 0 Å². The summed E-state index contributed by atoms with van der Waals surface area (Å²) >= 11 is 1.38. The molecule has 80 valence electrons. The molecule has 15 heavy (non-hydrogen) atoms. The molecule has 0 amide bonds. The van der Waals surface area contributed by atoms with Gasteiger partial charge in [-0.1, -0.05) is 16.9 Å². The molecule has 0 aliphatic heterocycles. The number of tetrazole rings is 1.